The topological polar surface area (TPSA) is 81.9 Å². The van der Waals surface area contributed by atoms with Crippen LogP contribution in [0.4, 0.5) is 5.69 Å². The Bertz CT molecular complexity index is 1180. The maximum atomic E-state index is 13.2. The first-order valence-corrected chi connectivity index (χ1v) is 13.6. The predicted octanol–water partition coefficient (Wildman–Crippen LogP) is 2.72. The minimum Gasteiger partial charge on any atom is -0.386 e. The van der Waals surface area contributed by atoms with Crippen LogP contribution in [-0.2, 0) is 29.2 Å². The largest absolute Gasteiger partial charge is 0.386 e. The van der Waals surface area contributed by atoms with Crippen molar-refractivity contribution in [1.82, 2.24) is 18.8 Å². The molecule has 1 N–H and O–H groups in total. The fourth-order valence-corrected chi connectivity index (χ4v) is 7.00. The lowest BCUT2D eigenvalue weighted by Gasteiger charge is -2.43. The van der Waals surface area contributed by atoms with Gasteiger partial charge in [0.25, 0.3) is 10.0 Å². The molecule has 0 spiro atoms. The molecule has 10 heteroatoms. The molecule has 0 unspecified atom stereocenters. The van der Waals surface area contributed by atoms with Crippen LogP contribution in [0.15, 0.2) is 58.5 Å². The number of imidazole rings is 1. The zero-order valence-electron chi connectivity index (χ0n) is 20.1. The zero-order valence-corrected chi connectivity index (χ0v) is 21.8. The minimum absolute atomic E-state index is 0.0369. The summed E-state index contributed by atoms with van der Waals surface area (Å²) in [6.45, 7) is 6.32. The van der Waals surface area contributed by atoms with Gasteiger partial charge >= 0.3 is 0 Å². The van der Waals surface area contributed by atoms with Crippen LogP contribution in [0.3, 0.4) is 0 Å². The van der Waals surface area contributed by atoms with E-state index in [4.69, 9.17) is 0 Å². The van der Waals surface area contributed by atoms with Crippen molar-refractivity contribution in [2.45, 2.75) is 36.2 Å². The maximum absolute atomic E-state index is 13.2. The third-order valence-electron chi connectivity index (χ3n) is 6.15. The monoisotopic (exact) mass is 503 g/mol. The molecule has 1 aliphatic heterocycles. The molecule has 1 aliphatic rings. The Kier molecular flexibility index (Phi) is 7.16. The summed E-state index contributed by atoms with van der Waals surface area (Å²) in [7, 11) is 0.470. The molecule has 3 aromatic rings. The Morgan fingerprint density at radius 1 is 1.21 bits per heavy atom. The summed E-state index contributed by atoms with van der Waals surface area (Å²) < 4.78 is 30.4. The van der Waals surface area contributed by atoms with Crippen LogP contribution in [0.5, 0.6) is 0 Å². The predicted molar refractivity (Wildman–Crippen MR) is 135 cm³/mol. The van der Waals surface area contributed by atoms with E-state index in [1.165, 1.54) is 11.3 Å². The average molecular weight is 504 g/mol. The molecule has 8 nitrogen and oxygen atoms in total. The van der Waals surface area contributed by atoms with Crippen molar-refractivity contribution < 1.29 is 13.5 Å². The van der Waals surface area contributed by atoms with Gasteiger partial charge in [-0.25, -0.2) is 13.4 Å². The van der Waals surface area contributed by atoms with Crippen molar-refractivity contribution in [2.24, 2.45) is 7.05 Å². The summed E-state index contributed by atoms with van der Waals surface area (Å²) in [5, 5.41) is 12.1. The maximum Gasteiger partial charge on any atom is 0.252 e. The number of hydrogen-bond acceptors (Lipinski definition) is 7. The highest BCUT2D eigenvalue weighted by Crippen LogP contribution is 2.29. The van der Waals surface area contributed by atoms with Gasteiger partial charge in [0.1, 0.15) is 4.21 Å². The number of hydrogen-bond donors (Lipinski definition) is 1. The van der Waals surface area contributed by atoms with E-state index in [0.717, 1.165) is 16.9 Å². The molecule has 34 heavy (non-hydrogen) atoms. The first-order chi connectivity index (χ1) is 16.0. The number of sulfonamides is 1. The van der Waals surface area contributed by atoms with E-state index in [1.807, 2.05) is 49.1 Å². The van der Waals surface area contributed by atoms with E-state index in [0.29, 0.717) is 36.9 Å². The number of aryl methyl sites for hydroxylation is 1. The molecule has 0 aliphatic carbocycles. The van der Waals surface area contributed by atoms with Crippen molar-refractivity contribution >= 4 is 27.0 Å². The van der Waals surface area contributed by atoms with Gasteiger partial charge in [0, 0.05) is 51.7 Å². The minimum atomic E-state index is -3.52. The highest BCUT2D eigenvalue weighted by Gasteiger charge is 2.35. The third kappa shape index (κ3) is 5.52. The van der Waals surface area contributed by atoms with Gasteiger partial charge in [0.15, 0.2) is 0 Å². The van der Waals surface area contributed by atoms with Crippen molar-refractivity contribution in [3.05, 3.63) is 65.6 Å². The lowest BCUT2D eigenvalue weighted by atomic mass is 9.98. The Morgan fingerprint density at radius 2 is 1.94 bits per heavy atom. The molecular formula is C24H33N5O3S2. The van der Waals surface area contributed by atoms with E-state index < -0.39 is 15.6 Å². The normalized spacial score (nSPS) is 18.1. The zero-order chi connectivity index (χ0) is 24.5. The Morgan fingerprint density at radius 3 is 2.53 bits per heavy atom. The van der Waals surface area contributed by atoms with Crippen LogP contribution in [-0.4, -0.2) is 71.5 Å². The van der Waals surface area contributed by atoms with E-state index in [-0.39, 0.29) is 6.04 Å². The Balaban J connectivity index is 1.57. The number of aromatic nitrogens is 2. The first kappa shape index (κ1) is 24.9. The molecule has 1 fully saturated rings. The molecule has 184 valence electrons. The standard InChI is InChI=1S/C24H33N5O3S2/c1-24(2,30)19-7-9-21(10-8-19)29-12-11-28(34(31,32)23-6-5-13-33-23)17-22(29)16-26(3)14-20-15-27(4)18-25-20/h5-10,13,15,18,22,30H,11-12,14,16-17H2,1-4H3/t22-/m0/s1. The van der Waals surface area contributed by atoms with Gasteiger partial charge in [-0.15, -0.1) is 11.3 Å². The second-order valence-electron chi connectivity index (χ2n) is 9.48. The molecule has 3 heterocycles. The summed E-state index contributed by atoms with van der Waals surface area (Å²) in [5.74, 6) is 0. The van der Waals surface area contributed by atoms with Crippen LogP contribution < -0.4 is 4.90 Å². The van der Waals surface area contributed by atoms with Gasteiger partial charge in [-0.1, -0.05) is 18.2 Å². The fraction of sp³-hybridized carbons (Fsp3) is 0.458. The summed E-state index contributed by atoms with van der Waals surface area (Å²) in [6.07, 6.45) is 3.79. The molecule has 0 bridgehead atoms. The van der Waals surface area contributed by atoms with Gasteiger partial charge in [-0.3, -0.25) is 4.90 Å². The molecule has 1 saturated heterocycles. The molecule has 4 rings (SSSR count). The van der Waals surface area contributed by atoms with Crippen molar-refractivity contribution in [1.29, 1.82) is 0 Å². The molecule has 0 saturated carbocycles. The lowest BCUT2D eigenvalue weighted by Crippen LogP contribution is -2.58. The molecule has 1 aromatic carbocycles. The summed E-state index contributed by atoms with van der Waals surface area (Å²) >= 11 is 1.26. The van der Waals surface area contributed by atoms with Gasteiger partial charge in [-0.2, -0.15) is 4.31 Å². The number of likely N-dealkylation sites (N-methyl/N-ethyl adjacent to an activating group) is 1. The summed E-state index contributed by atoms with van der Waals surface area (Å²) in [4.78, 5) is 8.89. The number of anilines is 1. The van der Waals surface area contributed by atoms with Gasteiger partial charge in [0.2, 0.25) is 0 Å². The molecule has 2 aromatic heterocycles. The molecule has 1 atom stereocenters. The van der Waals surface area contributed by atoms with Gasteiger partial charge in [0.05, 0.1) is 23.7 Å². The molecule has 0 amide bonds. The first-order valence-electron chi connectivity index (χ1n) is 11.3. The van der Waals surface area contributed by atoms with E-state index in [1.54, 1.807) is 42.0 Å². The highest BCUT2D eigenvalue weighted by molar-refractivity contribution is 7.91. The number of thiophene rings is 1. The number of aliphatic hydroxyl groups is 1. The van der Waals surface area contributed by atoms with Crippen LogP contribution in [0, 0.1) is 0 Å². The SMILES string of the molecule is CN(Cc1cn(C)cn1)C[C@H]1CN(S(=O)(=O)c2cccs2)CCN1c1ccc(C(C)(C)O)cc1. The molecule has 0 radical (unpaired) electrons. The van der Waals surface area contributed by atoms with Crippen LogP contribution in [0.1, 0.15) is 25.1 Å². The second-order valence-corrected chi connectivity index (χ2v) is 12.6. The Hall–Kier alpha value is -2.24. The number of nitrogens with zero attached hydrogens (tertiary/aromatic N) is 5. The van der Waals surface area contributed by atoms with Crippen molar-refractivity contribution in [2.75, 3.05) is 38.1 Å². The van der Waals surface area contributed by atoms with Crippen LogP contribution >= 0.6 is 11.3 Å². The number of rotatable bonds is 8. The second kappa shape index (κ2) is 9.79. The van der Waals surface area contributed by atoms with Crippen LogP contribution in [0.2, 0.25) is 0 Å². The Labute approximate surface area is 206 Å². The van der Waals surface area contributed by atoms with Gasteiger partial charge in [-0.05, 0) is 50.0 Å². The van der Waals surface area contributed by atoms with Crippen molar-refractivity contribution in [3.8, 4) is 0 Å². The summed E-state index contributed by atoms with van der Waals surface area (Å²) in [6, 6.07) is 11.3. The molecular weight excluding hydrogens is 470 g/mol. The quantitative estimate of drug-likeness (QED) is 0.509. The number of piperazine rings is 1. The highest BCUT2D eigenvalue weighted by atomic mass is 32.2. The van der Waals surface area contributed by atoms with Crippen LogP contribution in [0.25, 0.3) is 0 Å². The van der Waals surface area contributed by atoms with E-state index in [9.17, 15) is 13.5 Å². The smallest absolute Gasteiger partial charge is 0.252 e. The third-order valence-corrected chi connectivity index (χ3v) is 9.39. The lowest BCUT2D eigenvalue weighted by molar-refractivity contribution is 0.0786. The summed E-state index contributed by atoms with van der Waals surface area (Å²) in [5.41, 5.74) is 1.94. The number of benzene rings is 1. The van der Waals surface area contributed by atoms with E-state index in [2.05, 4.69) is 14.8 Å². The van der Waals surface area contributed by atoms with Gasteiger partial charge < -0.3 is 14.6 Å². The average Bonchev–Trinajstić information content (AvgIpc) is 3.45. The van der Waals surface area contributed by atoms with E-state index >= 15 is 0 Å². The van der Waals surface area contributed by atoms with Crippen molar-refractivity contribution in [3.63, 3.8) is 0 Å². The fourth-order valence-electron chi connectivity index (χ4n) is 4.39.